The topological polar surface area (TPSA) is 41.1 Å². The van der Waals surface area contributed by atoms with Crippen LogP contribution >= 0.6 is 11.3 Å². The van der Waals surface area contributed by atoms with Crippen molar-refractivity contribution in [2.24, 2.45) is 0 Å². The van der Waals surface area contributed by atoms with Crippen LogP contribution in [-0.4, -0.2) is 18.5 Å². The Labute approximate surface area is 119 Å². The van der Waals surface area contributed by atoms with Gasteiger partial charge in [-0.3, -0.25) is 4.79 Å². The smallest absolute Gasteiger partial charge is 0.220 e. The number of rotatable bonds is 5. The third-order valence-electron chi connectivity index (χ3n) is 3.70. The van der Waals surface area contributed by atoms with Crippen molar-refractivity contribution in [2.75, 3.05) is 6.54 Å². The van der Waals surface area contributed by atoms with Crippen LogP contribution < -0.4 is 10.6 Å². The lowest BCUT2D eigenvalue weighted by Gasteiger charge is -2.23. The van der Waals surface area contributed by atoms with E-state index in [0.717, 1.165) is 13.0 Å². The average Bonchev–Trinajstić information content (AvgIpc) is 2.84. The fourth-order valence-electron chi connectivity index (χ4n) is 2.55. The number of hydrogen-bond acceptors (Lipinski definition) is 3. The molecule has 1 aromatic rings. The van der Waals surface area contributed by atoms with E-state index < -0.39 is 0 Å². The monoisotopic (exact) mass is 280 g/mol. The quantitative estimate of drug-likeness (QED) is 0.870. The highest BCUT2D eigenvalue weighted by molar-refractivity contribution is 7.12. The molecule has 106 valence electrons. The Hall–Kier alpha value is -0.870. The zero-order valence-corrected chi connectivity index (χ0v) is 12.7. The fraction of sp³-hybridized carbons (Fsp3) is 0.667. The lowest BCUT2D eigenvalue weighted by molar-refractivity contribution is -0.121. The van der Waals surface area contributed by atoms with Crippen LogP contribution in [0.15, 0.2) is 12.1 Å². The molecule has 0 radical (unpaired) electrons. The first-order valence-electron chi connectivity index (χ1n) is 7.24. The van der Waals surface area contributed by atoms with Gasteiger partial charge in [-0.1, -0.05) is 6.42 Å². The summed E-state index contributed by atoms with van der Waals surface area (Å²) in [6.07, 6.45) is 5.38. The van der Waals surface area contributed by atoms with Gasteiger partial charge >= 0.3 is 0 Å². The summed E-state index contributed by atoms with van der Waals surface area (Å²) in [5.74, 6) is 0.172. The van der Waals surface area contributed by atoms with Crippen molar-refractivity contribution < 1.29 is 4.79 Å². The van der Waals surface area contributed by atoms with E-state index in [0.29, 0.717) is 12.5 Å². The Balaban J connectivity index is 1.71. The zero-order valence-electron chi connectivity index (χ0n) is 11.9. The first-order valence-corrected chi connectivity index (χ1v) is 8.06. The molecule has 2 unspecified atom stereocenters. The van der Waals surface area contributed by atoms with E-state index in [9.17, 15) is 4.79 Å². The summed E-state index contributed by atoms with van der Waals surface area (Å²) in [6.45, 7) is 5.26. The molecule has 0 spiro atoms. The van der Waals surface area contributed by atoms with Gasteiger partial charge in [0.05, 0.1) is 6.04 Å². The molecule has 0 aliphatic carbocycles. The van der Waals surface area contributed by atoms with Crippen LogP contribution in [0.3, 0.4) is 0 Å². The van der Waals surface area contributed by atoms with Crippen LogP contribution in [0.5, 0.6) is 0 Å². The molecule has 2 heterocycles. The second-order valence-corrected chi connectivity index (χ2v) is 6.74. The van der Waals surface area contributed by atoms with Crippen LogP contribution in [0, 0.1) is 6.92 Å². The number of nitrogens with one attached hydrogen (secondary N) is 2. The van der Waals surface area contributed by atoms with Crippen LogP contribution in [0.2, 0.25) is 0 Å². The average molecular weight is 280 g/mol. The van der Waals surface area contributed by atoms with Gasteiger partial charge in [0.15, 0.2) is 0 Å². The predicted octanol–water partition coefficient (Wildman–Crippen LogP) is 3.16. The molecule has 3 nitrogen and oxygen atoms in total. The molecule has 1 amide bonds. The van der Waals surface area contributed by atoms with Crippen LogP contribution in [-0.2, 0) is 4.79 Å². The number of carbonyl (C=O) groups is 1. The van der Waals surface area contributed by atoms with Crippen molar-refractivity contribution in [3.63, 3.8) is 0 Å². The molecule has 2 N–H and O–H groups in total. The van der Waals surface area contributed by atoms with Gasteiger partial charge in [0.1, 0.15) is 0 Å². The van der Waals surface area contributed by atoms with E-state index in [1.165, 1.54) is 29.0 Å². The predicted molar refractivity (Wildman–Crippen MR) is 80.5 cm³/mol. The summed E-state index contributed by atoms with van der Waals surface area (Å²) in [5, 5.41) is 6.58. The van der Waals surface area contributed by atoms with Crippen molar-refractivity contribution in [2.45, 2.75) is 58.0 Å². The van der Waals surface area contributed by atoms with E-state index in [1.54, 1.807) is 11.3 Å². The third kappa shape index (κ3) is 4.62. The highest BCUT2D eigenvalue weighted by Crippen LogP contribution is 2.22. The van der Waals surface area contributed by atoms with Crippen molar-refractivity contribution in [3.8, 4) is 0 Å². The lowest BCUT2D eigenvalue weighted by atomic mass is 10.0. The lowest BCUT2D eigenvalue weighted by Crippen LogP contribution is -2.35. The SMILES string of the molecule is Cc1ccc(C(C)NC(=O)CCC2CCCCN2)s1. The molecule has 1 saturated heterocycles. The second kappa shape index (κ2) is 7.06. The number of thiophene rings is 1. The molecule has 1 fully saturated rings. The third-order valence-corrected chi connectivity index (χ3v) is 4.88. The molecule has 1 aliphatic rings. The van der Waals surface area contributed by atoms with Gasteiger partial charge in [0, 0.05) is 22.2 Å². The summed E-state index contributed by atoms with van der Waals surface area (Å²) in [6, 6.07) is 4.88. The molecule has 1 aliphatic heterocycles. The van der Waals surface area contributed by atoms with Gasteiger partial charge < -0.3 is 10.6 Å². The van der Waals surface area contributed by atoms with Gasteiger partial charge in [0.25, 0.3) is 0 Å². The van der Waals surface area contributed by atoms with Gasteiger partial charge in [-0.2, -0.15) is 0 Å². The Morgan fingerprint density at radius 1 is 1.53 bits per heavy atom. The summed E-state index contributed by atoms with van der Waals surface area (Å²) < 4.78 is 0. The summed E-state index contributed by atoms with van der Waals surface area (Å²) in [4.78, 5) is 14.5. The number of piperidine rings is 1. The molecule has 2 rings (SSSR count). The number of carbonyl (C=O) groups excluding carboxylic acids is 1. The molecule has 1 aromatic heterocycles. The minimum Gasteiger partial charge on any atom is -0.349 e. The molecule has 19 heavy (non-hydrogen) atoms. The molecular weight excluding hydrogens is 256 g/mol. The van der Waals surface area contributed by atoms with Crippen molar-refractivity contribution >= 4 is 17.2 Å². The van der Waals surface area contributed by atoms with Crippen molar-refractivity contribution in [3.05, 3.63) is 21.9 Å². The van der Waals surface area contributed by atoms with E-state index in [2.05, 4.69) is 36.6 Å². The van der Waals surface area contributed by atoms with Crippen LogP contribution in [0.25, 0.3) is 0 Å². The first-order chi connectivity index (χ1) is 9.15. The normalized spacial score (nSPS) is 21.1. The Morgan fingerprint density at radius 2 is 2.37 bits per heavy atom. The maximum atomic E-state index is 11.9. The molecule has 0 saturated carbocycles. The number of aryl methyl sites for hydroxylation is 1. The summed E-state index contributed by atoms with van der Waals surface area (Å²) >= 11 is 1.76. The minimum atomic E-state index is 0.130. The van der Waals surface area contributed by atoms with E-state index in [-0.39, 0.29) is 11.9 Å². The molecule has 4 heteroatoms. The fourth-order valence-corrected chi connectivity index (χ4v) is 3.43. The first kappa shape index (κ1) is 14.5. The van der Waals surface area contributed by atoms with Gasteiger partial charge in [-0.15, -0.1) is 11.3 Å². The highest BCUT2D eigenvalue weighted by atomic mass is 32.1. The molecule has 2 atom stereocenters. The number of amides is 1. The zero-order chi connectivity index (χ0) is 13.7. The maximum absolute atomic E-state index is 11.9. The van der Waals surface area contributed by atoms with E-state index >= 15 is 0 Å². The Bertz CT molecular complexity index is 410. The van der Waals surface area contributed by atoms with Gasteiger partial charge in [-0.05, 0) is 51.8 Å². The minimum absolute atomic E-state index is 0.130. The summed E-state index contributed by atoms with van der Waals surface area (Å²) in [7, 11) is 0. The van der Waals surface area contributed by atoms with E-state index in [4.69, 9.17) is 0 Å². The largest absolute Gasteiger partial charge is 0.349 e. The van der Waals surface area contributed by atoms with Crippen molar-refractivity contribution in [1.29, 1.82) is 0 Å². The van der Waals surface area contributed by atoms with E-state index in [1.807, 2.05) is 0 Å². The number of hydrogen-bond donors (Lipinski definition) is 2. The van der Waals surface area contributed by atoms with Crippen LogP contribution in [0.4, 0.5) is 0 Å². The Kier molecular flexibility index (Phi) is 5.40. The van der Waals surface area contributed by atoms with Crippen LogP contribution in [0.1, 0.15) is 54.8 Å². The standard InChI is InChI=1S/C15H24N2OS/c1-11-6-8-14(19-11)12(2)17-15(18)9-7-13-5-3-4-10-16-13/h6,8,12-13,16H,3-5,7,9-10H2,1-2H3,(H,17,18). The highest BCUT2D eigenvalue weighted by Gasteiger charge is 2.15. The maximum Gasteiger partial charge on any atom is 0.220 e. The summed E-state index contributed by atoms with van der Waals surface area (Å²) in [5.41, 5.74) is 0. The Morgan fingerprint density at radius 3 is 3.00 bits per heavy atom. The van der Waals surface area contributed by atoms with Crippen molar-refractivity contribution in [1.82, 2.24) is 10.6 Å². The molecule has 0 bridgehead atoms. The molecular formula is C15H24N2OS. The molecule has 0 aromatic carbocycles. The van der Waals surface area contributed by atoms with Gasteiger partial charge in [-0.25, -0.2) is 0 Å². The van der Waals surface area contributed by atoms with Gasteiger partial charge in [0.2, 0.25) is 5.91 Å². The second-order valence-electron chi connectivity index (χ2n) is 5.42.